The van der Waals surface area contributed by atoms with Gasteiger partial charge in [0.15, 0.2) is 5.13 Å². The molecule has 0 spiro atoms. The molecule has 0 atom stereocenters. The molecule has 0 radical (unpaired) electrons. The fraction of sp³-hybridized carbons (Fsp3) is 0.500. The molecule has 1 aromatic carbocycles. The van der Waals surface area contributed by atoms with Gasteiger partial charge in [-0.1, -0.05) is 18.2 Å². The van der Waals surface area contributed by atoms with Crippen molar-refractivity contribution in [3.63, 3.8) is 0 Å². The monoisotopic (exact) mass is 428 g/mol. The van der Waals surface area contributed by atoms with E-state index in [1.165, 1.54) is 4.88 Å². The van der Waals surface area contributed by atoms with Gasteiger partial charge in [-0.3, -0.25) is 9.59 Å². The number of nitrogens with zero attached hydrogens (tertiary/aromatic N) is 3. The van der Waals surface area contributed by atoms with Crippen molar-refractivity contribution in [2.75, 3.05) is 38.6 Å². The highest BCUT2D eigenvalue weighted by atomic mass is 32.1. The van der Waals surface area contributed by atoms with Gasteiger partial charge >= 0.3 is 0 Å². The molecule has 4 rings (SSSR count). The van der Waals surface area contributed by atoms with E-state index in [-0.39, 0.29) is 17.7 Å². The third-order valence-corrected chi connectivity index (χ3v) is 6.70. The Bertz CT molecular complexity index is 878. The number of rotatable bonds is 6. The average Bonchev–Trinajstić information content (AvgIpc) is 3.15. The summed E-state index contributed by atoms with van der Waals surface area (Å²) in [6, 6.07) is 9.51. The van der Waals surface area contributed by atoms with Crippen LogP contribution in [0.4, 0.5) is 5.13 Å². The molecule has 8 heteroatoms. The molecule has 0 bridgehead atoms. The van der Waals surface area contributed by atoms with Gasteiger partial charge in [0.05, 0.1) is 18.7 Å². The number of likely N-dealkylation sites (tertiary alicyclic amines) is 1. The molecule has 2 aliphatic heterocycles. The molecule has 3 heterocycles. The summed E-state index contributed by atoms with van der Waals surface area (Å²) in [5, 5.41) is 3.71. The number of benzene rings is 1. The number of nitrogens with one attached hydrogen (secondary N) is 1. The Hall–Kier alpha value is -2.45. The van der Waals surface area contributed by atoms with Crippen LogP contribution in [0, 0.1) is 5.92 Å². The predicted molar refractivity (Wildman–Crippen MR) is 117 cm³/mol. The molecular formula is C22H28N4O3S. The van der Waals surface area contributed by atoms with Crippen LogP contribution in [-0.4, -0.2) is 59.9 Å². The Kier molecular flexibility index (Phi) is 6.64. The Labute approximate surface area is 181 Å². The lowest BCUT2D eigenvalue weighted by Crippen LogP contribution is -2.41. The van der Waals surface area contributed by atoms with Gasteiger partial charge in [0, 0.05) is 43.4 Å². The number of fused-ring (bicyclic) bond motifs is 1. The van der Waals surface area contributed by atoms with E-state index in [1.807, 2.05) is 35.2 Å². The van der Waals surface area contributed by atoms with E-state index < -0.39 is 0 Å². The van der Waals surface area contributed by atoms with Crippen molar-refractivity contribution in [2.45, 2.75) is 32.2 Å². The number of hydrogen-bond acceptors (Lipinski definition) is 6. The molecule has 1 saturated heterocycles. The van der Waals surface area contributed by atoms with Gasteiger partial charge in [-0.25, -0.2) is 4.98 Å². The van der Waals surface area contributed by atoms with Crippen LogP contribution < -0.4 is 10.1 Å². The van der Waals surface area contributed by atoms with Gasteiger partial charge in [-0.15, -0.1) is 11.3 Å². The topological polar surface area (TPSA) is 74.8 Å². The van der Waals surface area contributed by atoms with Crippen molar-refractivity contribution in [1.29, 1.82) is 0 Å². The fourth-order valence-electron chi connectivity index (χ4n) is 3.91. The summed E-state index contributed by atoms with van der Waals surface area (Å²) in [5.74, 6) is 0.810. The van der Waals surface area contributed by atoms with Gasteiger partial charge in [-0.05, 0) is 32.0 Å². The normalized spacial score (nSPS) is 17.4. The van der Waals surface area contributed by atoms with E-state index in [9.17, 15) is 9.59 Å². The number of amides is 2. The number of aromatic nitrogens is 1. The summed E-state index contributed by atoms with van der Waals surface area (Å²) < 4.78 is 5.61. The van der Waals surface area contributed by atoms with Crippen molar-refractivity contribution < 1.29 is 14.3 Å². The van der Waals surface area contributed by atoms with Gasteiger partial charge < -0.3 is 19.9 Å². The van der Waals surface area contributed by atoms with E-state index in [0.717, 1.165) is 31.0 Å². The molecule has 1 fully saturated rings. The summed E-state index contributed by atoms with van der Waals surface area (Å²) in [6.07, 6.45) is 2.66. The number of piperidine rings is 1. The van der Waals surface area contributed by atoms with Gasteiger partial charge in [0.1, 0.15) is 5.75 Å². The maximum absolute atomic E-state index is 12.7. The fourth-order valence-corrected chi connectivity index (χ4v) is 5.00. The number of ether oxygens (including phenoxy) is 1. The molecule has 160 valence electrons. The molecule has 0 saturated carbocycles. The number of para-hydroxylation sites is 1. The second-order valence-electron chi connectivity index (χ2n) is 7.93. The second kappa shape index (κ2) is 9.57. The number of carbonyl (C=O) groups is 2. The highest BCUT2D eigenvalue weighted by Gasteiger charge is 2.28. The molecule has 7 nitrogen and oxygen atoms in total. The number of hydrogen-bond donors (Lipinski definition) is 1. The SMILES string of the molecule is CN1CCc2nc(NC(=O)C3CCN(C(=O)CCOc4ccccc4)CC3)sc2C1. The second-order valence-corrected chi connectivity index (χ2v) is 9.02. The van der Waals surface area contributed by atoms with Crippen LogP contribution in [0.2, 0.25) is 0 Å². The molecule has 0 aliphatic carbocycles. The first-order chi connectivity index (χ1) is 14.6. The van der Waals surface area contributed by atoms with Crippen LogP contribution in [0.15, 0.2) is 30.3 Å². The molecule has 0 unspecified atom stereocenters. The average molecular weight is 429 g/mol. The lowest BCUT2D eigenvalue weighted by molar-refractivity contribution is -0.135. The highest BCUT2D eigenvalue weighted by molar-refractivity contribution is 7.15. The first-order valence-electron chi connectivity index (χ1n) is 10.5. The zero-order chi connectivity index (χ0) is 20.9. The first kappa shape index (κ1) is 20.8. The standard InChI is InChI=1S/C22H28N4O3S/c1-25-11-9-18-19(15-25)30-22(23-18)24-21(28)16-7-12-26(13-8-16)20(27)10-14-29-17-5-3-2-4-6-17/h2-6,16H,7-15H2,1H3,(H,23,24,28). The molecule has 2 aromatic rings. The zero-order valence-electron chi connectivity index (χ0n) is 17.3. The van der Waals surface area contributed by atoms with Crippen LogP contribution in [0.3, 0.4) is 0 Å². The molecule has 1 aromatic heterocycles. The molecule has 1 N–H and O–H groups in total. The first-order valence-corrected chi connectivity index (χ1v) is 11.3. The molecule has 2 amide bonds. The quantitative estimate of drug-likeness (QED) is 0.766. The van der Waals surface area contributed by atoms with E-state index in [0.29, 0.717) is 44.1 Å². The van der Waals surface area contributed by atoms with Crippen LogP contribution in [0.25, 0.3) is 0 Å². The Morgan fingerprint density at radius 3 is 2.73 bits per heavy atom. The number of thiazole rings is 1. The van der Waals surface area contributed by atoms with Gasteiger partial charge in [-0.2, -0.15) is 0 Å². The maximum atomic E-state index is 12.7. The van der Waals surface area contributed by atoms with E-state index in [2.05, 4.69) is 22.2 Å². The third-order valence-electron chi connectivity index (χ3n) is 5.70. The number of anilines is 1. The minimum Gasteiger partial charge on any atom is -0.493 e. The van der Waals surface area contributed by atoms with E-state index in [1.54, 1.807) is 11.3 Å². The van der Waals surface area contributed by atoms with Crippen LogP contribution in [0.5, 0.6) is 5.75 Å². The minimum absolute atomic E-state index is 0.0222. The van der Waals surface area contributed by atoms with E-state index in [4.69, 9.17) is 4.74 Å². The summed E-state index contributed by atoms with van der Waals surface area (Å²) in [6.45, 7) is 3.50. The van der Waals surface area contributed by atoms with Crippen molar-refractivity contribution in [3.05, 3.63) is 40.9 Å². The van der Waals surface area contributed by atoms with E-state index >= 15 is 0 Å². The largest absolute Gasteiger partial charge is 0.493 e. The lowest BCUT2D eigenvalue weighted by Gasteiger charge is -2.31. The smallest absolute Gasteiger partial charge is 0.229 e. The molecule has 30 heavy (non-hydrogen) atoms. The highest BCUT2D eigenvalue weighted by Crippen LogP contribution is 2.29. The number of carbonyl (C=O) groups excluding carboxylic acids is 2. The summed E-state index contributed by atoms with van der Waals surface area (Å²) in [5.41, 5.74) is 1.12. The third kappa shape index (κ3) is 5.17. The Morgan fingerprint density at radius 2 is 1.97 bits per heavy atom. The molecular weight excluding hydrogens is 400 g/mol. The van der Waals surface area contributed by atoms with Crippen LogP contribution in [-0.2, 0) is 22.6 Å². The van der Waals surface area contributed by atoms with Crippen molar-refractivity contribution in [2.24, 2.45) is 5.92 Å². The van der Waals surface area contributed by atoms with Gasteiger partial charge in [0.2, 0.25) is 11.8 Å². The predicted octanol–water partition coefficient (Wildman–Crippen LogP) is 2.78. The zero-order valence-corrected chi connectivity index (χ0v) is 18.1. The minimum atomic E-state index is -0.0711. The Morgan fingerprint density at radius 1 is 1.20 bits per heavy atom. The number of likely N-dealkylation sites (N-methyl/N-ethyl adjacent to an activating group) is 1. The summed E-state index contributed by atoms with van der Waals surface area (Å²) >= 11 is 1.58. The van der Waals surface area contributed by atoms with Crippen molar-refractivity contribution >= 4 is 28.3 Å². The van der Waals surface area contributed by atoms with Crippen molar-refractivity contribution in [3.8, 4) is 5.75 Å². The van der Waals surface area contributed by atoms with Crippen LogP contribution >= 0.6 is 11.3 Å². The van der Waals surface area contributed by atoms with Gasteiger partial charge in [0.25, 0.3) is 0 Å². The maximum Gasteiger partial charge on any atom is 0.229 e. The Balaban J connectivity index is 1.20. The summed E-state index contributed by atoms with van der Waals surface area (Å²) in [4.78, 5) is 35.1. The van der Waals surface area contributed by atoms with Crippen molar-refractivity contribution in [1.82, 2.24) is 14.8 Å². The van der Waals surface area contributed by atoms with Crippen LogP contribution in [0.1, 0.15) is 29.8 Å². The summed E-state index contributed by atoms with van der Waals surface area (Å²) in [7, 11) is 2.10. The molecule has 2 aliphatic rings. The lowest BCUT2D eigenvalue weighted by atomic mass is 9.96.